The molecule has 0 aromatic heterocycles. The quantitative estimate of drug-likeness (QED) is 0.0262. The predicted molar refractivity (Wildman–Crippen MR) is 279 cm³/mol. The van der Waals surface area contributed by atoms with Crippen LogP contribution in [0.25, 0.3) is 0 Å². The van der Waals surface area contributed by atoms with Gasteiger partial charge in [-0.25, -0.2) is 0 Å². The van der Waals surface area contributed by atoms with E-state index in [-0.39, 0.29) is 31.1 Å². The van der Waals surface area contributed by atoms with Gasteiger partial charge in [0.05, 0.1) is 0 Å². The van der Waals surface area contributed by atoms with E-state index in [1.807, 2.05) is 0 Å². The van der Waals surface area contributed by atoms with Gasteiger partial charge in [-0.15, -0.1) is 0 Å². The Labute approximate surface area is 403 Å². The zero-order valence-electron chi connectivity index (χ0n) is 43.3. The van der Waals surface area contributed by atoms with Crippen molar-refractivity contribution >= 4 is 17.9 Å². The number of hydrogen-bond acceptors (Lipinski definition) is 6. The average molecular weight is 911 g/mol. The monoisotopic (exact) mass is 911 g/mol. The van der Waals surface area contributed by atoms with Crippen LogP contribution in [-0.2, 0) is 28.6 Å². The molecule has 6 nitrogen and oxygen atoms in total. The number of unbranched alkanes of at least 4 members (excludes halogenated alkanes) is 32. The molecule has 0 aliphatic rings. The second kappa shape index (κ2) is 54.0. The van der Waals surface area contributed by atoms with E-state index in [0.717, 1.165) is 83.5 Å². The molecular formula is C59H106O6. The van der Waals surface area contributed by atoms with Gasteiger partial charge in [-0.05, 0) is 77.0 Å². The lowest BCUT2D eigenvalue weighted by Crippen LogP contribution is -2.30. The van der Waals surface area contributed by atoms with Gasteiger partial charge in [0.1, 0.15) is 13.2 Å². The third-order valence-electron chi connectivity index (χ3n) is 12.3. The fourth-order valence-corrected chi connectivity index (χ4v) is 8.10. The number of esters is 3. The van der Waals surface area contributed by atoms with Crippen LogP contribution in [0.15, 0.2) is 48.6 Å². The topological polar surface area (TPSA) is 78.9 Å². The van der Waals surface area contributed by atoms with E-state index in [1.54, 1.807) is 0 Å². The Kier molecular flexibility index (Phi) is 51.8. The van der Waals surface area contributed by atoms with Crippen molar-refractivity contribution < 1.29 is 28.6 Å². The summed E-state index contributed by atoms with van der Waals surface area (Å²) in [5.41, 5.74) is 0. The zero-order chi connectivity index (χ0) is 47.2. The van der Waals surface area contributed by atoms with Crippen molar-refractivity contribution in [3.05, 3.63) is 48.6 Å². The van der Waals surface area contributed by atoms with Crippen molar-refractivity contribution in [2.75, 3.05) is 13.2 Å². The fraction of sp³-hybridized carbons (Fsp3) is 0.814. The van der Waals surface area contributed by atoms with Gasteiger partial charge in [-0.2, -0.15) is 0 Å². The Hall–Kier alpha value is -2.63. The second-order valence-electron chi connectivity index (χ2n) is 18.8. The number of carbonyl (C=O) groups is 3. The van der Waals surface area contributed by atoms with E-state index in [4.69, 9.17) is 14.2 Å². The summed E-state index contributed by atoms with van der Waals surface area (Å²) in [5, 5.41) is 0. The van der Waals surface area contributed by atoms with Crippen LogP contribution in [-0.4, -0.2) is 37.2 Å². The summed E-state index contributed by atoms with van der Waals surface area (Å²) in [5.74, 6) is -0.903. The molecule has 1 unspecified atom stereocenters. The van der Waals surface area contributed by atoms with Gasteiger partial charge in [0, 0.05) is 19.3 Å². The van der Waals surface area contributed by atoms with Gasteiger partial charge >= 0.3 is 17.9 Å². The summed E-state index contributed by atoms with van der Waals surface area (Å²) in [6.07, 6.45) is 65.4. The largest absolute Gasteiger partial charge is 0.462 e. The van der Waals surface area contributed by atoms with Crippen molar-refractivity contribution in [2.45, 2.75) is 297 Å². The highest BCUT2D eigenvalue weighted by molar-refractivity contribution is 5.71. The second-order valence-corrected chi connectivity index (χ2v) is 18.8. The Balaban J connectivity index is 4.31. The number of hydrogen-bond donors (Lipinski definition) is 0. The van der Waals surface area contributed by atoms with E-state index >= 15 is 0 Å². The highest BCUT2D eigenvalue weighted by Gasteiger charge is 2.19. The Morgan fingerprint density at radius 3 is 0.969 bits per heavy atom. The van der Waals surface area contributed by atoms with Crippen LogP contribution in [0.3, 0.4) is 0 Å². The zero-order valence-corrected chi connectivity index (χ0v) is 43.3. The Bertz CT molecular complexity index is 1140. The minimum Gasteiger partial charge on any atom is -0.462 e. The normalized spacial score (nSPS) is 12.4. The summed E-state index contributed by atoms with van der Waals surface area (Å²) < 4.78 is 16.8. The molecule has 0 aliphatic heterocycles. The molecule has 0 aromatic rings. The smallest absolute Gasteiger partial charge is 0.306 e. The van der Waals surface area contributed by atoms with Gasteiger partial charge in [-0.1, -0.05) is 243 Å². The molecule has 0 amide bonds. The molecule has 0 aromatic carbocycles. The lowest BCUT2D eigenvalue weighted by molar-refractivity contribution is -0.167. The van der Waals surface area contributed by atoms with E-state index in [9.17, 15) is 14.4 Å². The molecule has 378 valence electrons. The molecule has 65 heavy (non-hydrogen) atoms. The molecule has 0 rings (SSSR count). The number of carbonyl (C=O) groups excluding carboxylic acids is 3. The summed E-state index contributed by atoms with van der Waals surface area (Å²) >= 11 is 0. The van der Waals surface area contributed by atoms with Crippen LogP contribution >= 0.6 is 0 Å². The summed E-state index contributed by atoms with van der Waals surface area (Å²) in [6, 6.07) is 0. The molecule has 0 heterocycles. The highest BCUT2D eigenvalue weighted by Crippen LogP contribution is 2.16. The van der Waals surface area contributed by atoms with Gasteiger partial charge in [0.25, 0.3) is 0 Å². The number of rotatable bonds is 51. The van der Waals surface area contributed by atoms with E-state index in [1.165, 1.54) is 167 Å². The SMILES string of the molecule is CC/C=C\C/C=C\C/C=C\CCCCCC(=O)OC(COC(=O)CCCCCCCCCCC/C=C\CCCCCCCCCC)COC(=O)CCCCCCCCCCCCCCC. The molecule has 6 heteroatoms. The number of ether oxygens (including phenoxy) is 3. The van der Waals surface area contributed by atoms with Gasteiger partial charge in [-0.3, -0.25) is 14.4 Å². The van der Waals surface area contributed by atoms with Crippen LogP contribution in [0.2, 0.25) is 0 Å². The van der Waals surface area contributed by atoms with Crippen molar-refractivity contribution in [2.24, 2.45) is 0 Å². The third-order valence-corrected chi connectivity index (χ3v) is 12.3. The molecule has 0 spiro atoms. The standard InChI is InChI=1S/C59H106O6/c1-4-7-10-13-16-19-22-25-26-27-28-29-30-31-32-35-37-40-43-46-49-52-58(61)64-55-56(65-59(62)53-50-47-44-41-38-34-24-21-18-15-12-9-6-3)54-63-57(60)51-48-45-42-39-36-33-23-20-17-14-11-8-5-2/h9,12,18,21,27-28,34,38,56H,4-8,10-11,13-17,19-20,22-26,29-33,35-37,39-55H2,1-3H3/b12-9-,21-18-,28-27-,38-34-. The van der Waals surface area contributed by atoms with Gasteiger partial charge < -0.3 is 14.2 Å². The lowest BCUT2D eigenvalue weighted by Gasteiger charge is -2.18. The molecule has 0 fully saturated rings. The van der Waals surface area contributed by atoms with E-state index < -0.39 is 6.10 Å². The fourth-order valence-electron chi connectivity index (χ4n) is 8.10. The van der Waals surface area contributed by atoms with Crippen LogP contribution < -0.4 is 0 Å². The molecular weight excluding hydrogens is 805 g/mol. The maximum Gasteiger partial charge on any atom is 0.306 e. The minimum absolute atomic E-state index is 0.0828. The van der Waals surface area contributed by atoms with Crippen molar-refractivity contribution in [3.8, 4) is 0 Å². The highest BCUT2D eigenvalue weighted by atomic mass is 16.6. The summed E-state index contributed by atoms with van der Waals surface area (Å²) in [6.45, 7) is 6.52. The van der Waals surface area contributed by atoms with Crippen molar-refractivity contribution in [1.82, 2.24) is 0 Å². The van der Waals surface area contributed by atoms with Crippen molar-refractivity contribution in [1.29, 1.82) is 0 Å². The Morgan fingerprint density at radius 1 is 0.323 bits per heavy atom. The third kappa shape index (κ3) is 52.2. The van der Waals surface area contributed by atoms with Crippen LogP contribution in [0.5, 0.6) is 0 Å². The maximum atomic E-state index is 12.8. The van der Waals surface area contributed by atoms with Crippen molar-refractivity contribution in [3.63, 3.8) is 0 Å². The molecule has 0 radical (unpaired) electrons. The molecule has 0 saturated carbocycles. The molecule has 0 N–H and O–H groups in total. The van der Waals surface area contributed by atoms with Crippen LogP contribution in [0.1, 0.15) is 290 Å². The van der Waals surface area contributed by atoms with Gasteiger partial charge in [0.15, 0.2) is 6.10 Å². The lowest BCUT2D eigenvalue weighted by atomic mass is 10.0. The average Bonchev–Trinajstić information content (AvgIpc) is 3.30. The van der Waals surface area contributed by atoms with Crippen LogP contribution in [0, 0.1) is 0 Å². The molecule has 0 bridgehead atoms. The summed E-state index contributed by atoms with van der Waals surface area (Å²) in [4.78, 5) is 38.0. The van der Waals surface area contributed by atoms with Gasteiger partial charge in [0.2, 0.25) is 0 Å². The summed E-state index contributed by atoms with van der Waals surface area (Å²) in [7, 11) is 0. The van der Waals surface area contributed by atoms with Crippen LogP contribution in [0.4, 0.5) is 0 Å². The Morgan fingerprint density at radius 2 is 0.600 bits per heavy atom. The first-order chi connectivity index (χ1) is 32.0. The minimum atomic E-state index is -0.786. The predicted octanol–water partition coefficient (Wildman–Crippen LogP) is 18.7. The molecule has 0 aliphatic carbocycles. The molecule has 1 atom stereocenters. The number of allylic oxidation sites excluding steroid dienone is 8. The first-order valence-corrected chi connectivity index (χ1v) is 28.1. The first-order valence-electron chi connectivity index (χ1n) is 28.1. The maximum absolute atomic E-state index is 12.8. The molecule has 0 saturated heterocycles. The van der Waals surface area contributed by atoms with E-state index in [2.05, 4.69) is 69.4 Å². The first kappa shape index (κ1) is 62.4. The van der Waals surface area contributed by atoms with E-state index in [0.29, 0.717) is 19.3 Å².